The van der Waals surface area contributed by atoms with Crippen molar-refractivity contribution in [3.63, 3.8) is 0 Å². The van der Waals surface area contributed by atoms with Gasteiger partial charge in [-0.15, -0.1) is 0 Å². The molecule has 1 aromatic carbocycles. The minimum atomic E-state index is 0.201. The van der Waals surface area contributed by atoms with E-state index in [0.29, 0.717) is 6.54 Å². The number of aromatic nitrogens is 1. The topological polar surface area (TPSA) is 37.2 Å². The van der Waals surface area contributed by atoms with Crippen molar-refractivity contribution in [2.24, 2.45) is 0 Å². The highest BCUT2D eigenvalue weighted by Crippen LogP contribution is 2.14. The Hall–Kier alpha value is -1.32. The number of hydrogen-bond acceptors (Lipinski definition) is 2. The number of benzene rings is 1. The lowest BCUT2D eigenvalue weighted by Crippen LogP contribution is -2.22. The van der Waals surface area contributed by atoms with E-state index in [1.54, 1.807) is 0 Å². The molecule has 0 spiro atoms. The van der Waals surface area contributed by atoms with Gasteiger partial charge in [0, 0.05) is 31.3 Å². The Balaban J connectivity index is 2.02. The third-order valence-corrected chi connectivity index (χ3v) is 2.50. The molecule has 0 amide bonds. The second kappa shape index (κ2) is 4.96. The van der Waals surface area contributed by atoms with Crippen molar-refractivity contribution in [3.05, 3.63) is 36.5 Å². The Morgan fingerprint density at radius 3 is 2.87 bits per heavy atom. The van der Waals surface area contributed by atoms with Crippen molar-refractivity contribution in [2.45, 2.75) is 6.54 Å². The smallest absolute Gasteiger partial charge is 0.0555 e. The molecular weight excluding hydrogens is 188 g/mol. The van der Waals surface area contributed by atoms with Crippen molar-refractivity contribution < 1.29 is 5.11 Å². The number of nitrogens with zero attached hydrogens (tertiary/aromatic N) is 1. The normalized spacial score (nSPS) is 11.0. The number of hydrogen-bond donors (Lipinski definition) is 2. The molecule has 3 heteroatoms. The Labute approximate surface area is 89.3 Å². The van der Waals surface area contributed by atoms with Crippen molar-refractivity contribution in [1.82, 2.24) is 9.88 Å². The Kier molecular flexibility index (Phi) is 3.37. The van der Waals surface area contributed by atoms with Crippen LogP contribution < -0.4 is 5.32 Å². The number of fused-ring (bicyclic) bond motifs is 1. The molecule has 15 heavy (non-hydrogen) atoms. The third kappa shape index (κ3) is 2.37. The molecule has 3 nitrogen and oxygen atoms in total. The van der Waals surface area contributed by atoms with Crippen LogP contribution in [-0.4, -0.2) is 29.4 Å². The standard InChI is InChI=1S/C12H16N2O/c15-10-7-13-6-9-14-8-5-11-3-1-2-4-12(11)14/h1-5,8,13,15H,6-7,9-10H2. The fourth-order valence-electron chi connectivity index (χ4n) is 1.74. The van der Waals surface area contributed by atoms with Gasteiger partial charge in [0.25, 0.3) is 0 Å². The number of aliphatic hydroxyl groups is 1. The Morgan fingerprint density at radius 2 is 2.00 bits per heavy atom. The molecule has 0 aliphatic rings. The maximum atomic E-state index is 8.63. The highest BCUT2D eigenvalue weighted by Gasteiger charge is 1.98. The van der Waals surface area contributed by atoms with Crippen LogP contribution in [-0.2, 0) is 6.54 Å². The zero-order valence-electron chi connectivity index (χ0n) is 8.69. The number of para-hydroxylation sites is 1. The van der Waals surface area contributed by atoms with Gasteiger partial charge < -0.3 is 15.0 Å². The predicted molar refractivity (Wildman–Crippen MR) is 61.9 cm³/mol. The fraction of sp³-hybridized carbons (Fsp3) is 0.333. The number of nitrogens with one attached hydrogen (secondary N) is 1. The van der Waals surface area contributed by atoms with Gasteiger partial charge in [0.1, 0.15) is 0 Å². The molecule has 1 heterocycles. The summed E-state index contributed by atoms with van der Waals surface area (Å²) in [7, 11) is 0. The molecule has 80 valence electrons. The van der Waals surface area contributed by atoms with Crippen LogP contribution in [0.3, 0.4) is 0 Å². The third-order valence-electron chi connectivity index (χ3n) is 2.50. The van der Waals surface area contributed by atoms with Gasteiger partial charge in [-0.2, -0.15) is 0 Å². The van der Waals surface area contributed by atoms with Crippen LogP contribution in [0.2, 0.25) is 0 Å². The molecule has 0 aliphatic heterocycles. The van der Waals surface area contributed by atoms with Crippen LogP contribution in [0.25, 0.3) is 10.9 Å². The molecule has 2 N–H and O–H groups in total. The lowest BCUT2D eigenvalue weighted by Gasteiger charge is -2.05. The molecule has 1 aromatic heterocycles. The van der Waals surface area contributed by atoms with Crippen LogP contribution in [0.5, 0.6) is 0 Å². The zero-order valence-corrected chi connectivity index (χ0v) is 8.69. The monoisotopic (exact) mass is 204 g/mol. The van der Waals surface area contributed by atoms with Gasteiger partial charge in [-0.3, -0.25) is 0 Å². The number of aliphatic hydroxyl groups excluding tert-OH is 1. The second-order valence-electron chi connectivity index (χ2n) is 3.54. The molecule has 2 aromatic rings. The first kappa shape index (κ1) is 10.2. The lowest BCUT2D eigenvalue weighted by atomic mass is 10.2. The number of rotatable bonds is 5. The van der Waals surface area contributed by atoms with Crippen molar-refractivity contribution in [2.75, 3.05) is 19.7 Å². The van der Waals surface area contributed by atoms with Crippen LogP contribution in [0, 0.1) is 0 Å². The zero-order chi connectivity index (χ0) is 10.5. The van der Waals surface area contributed by atoms with E-state index in [0.717, 1.165) is 13.1 Å². The second-order valence-corrected chi connectivity index (χ2v) is 3.54. The Bertz CT molecular complexity index is 422. The van der Waals surface area contributed by atoms with Crippen molar-refractivity contribution in [3.8, 4) is 0 Å². The van der Waals surface area contributed by atoms with E-state index in [2.05, 4.69) is 46.4 Å². The summed E-state index contributed by atoms with van der Waals surface area (Å²) in [5.74, 6) is 0. The summed E-state index contributed by atoms with van der Waals surface area (Å²) in [5, 5.41) is 13.1. The van der Waals surface area contributed by atoms with E-state index in [4.69, 9.17) is 5.11 Å². The highest BCUT2D eigenvalue weighted by molar-refractivity contribution is 5.79. The van der Waals surface area contributed by atoms with E-state index in [9.17, 15) is 0 Å². The predicted octanol–water partition coefficient (Wildman–Crippen LogP) is 1.22. The summed E-state index contributed by atoms with van der Waals surface area (Å²) in [6, 6.07) is 10.5. The molecular formula is C12H16N2O. The average molecular weight is 204 g/mol. The van der Waals surface area contributed by atoms with Crippen molar-refractivity contribution >= 4 is 10.9 Å². The summed E-state index contributed by atoms with van der Waals surface area (Å²) in [6.07, 6.45) is 2.10. The molecule has 0 unspecified atom stereocenters. The van der Waals surface area contributed by atoms with E-state index in [1.807, 2.05) is 0 Å². The molecule has 0 radical (unpaired) electrons. The van der Waals surface area contributed by atoms with Crippen LogP contribution >= 0.6 is 0 Å². The maximum absolute atomic E-state index is 8.63. The molecule has 0 fully saturated rings. The minimum absolute atomic E-state index is 0.201. The highest BCUT2D eigenvalue weighted by atomic mass is 16.3. The summed E-state index contributed by atoms with van der Waals surface area (Å²) < 4.78 is 2.22. The average Bonchev–Trinajstić information content (AvgIpc) is 2.68. The molecule has 0 atom stereocenters. The van der Waals surface area contributed by atoms with Crippen LogP contribution in [0.4, 0.5) is 0 Å². The summed E-state index contributed by atoms with van der Waals surface area (Å²) in [6.45, 7) is 2.69. The van der Waals surface area contributed by atoms with E-state index >= 15 is 0 Å². The van der Waals surface area contributed by atoms with Gasteiger partial charge in [-0.05, 0) is 17.5 Å². The summed E-state index contributed by atoms with van der Waals surface area (Å²) in [4.78, 5) is 0. The first-order valence-corrected chi connectivity index (χ1v) is 5.27. The Morgan fingerprint density at radius 1 is 1.13 bits per heavy atom. The maximum Gasteiger partial charge on any atom is 0.0555 e. The van der Waals surface area contributed by atoms with Gasteiger partial charge in [-0.1, -0.05) is 18.2 Å². The summed E-state index contributed by atoms with van der Waals surface area (Å²) in [5.41, 5.74) is 1.27. The first-order valence-electron chi connectivity index (χ1n) is 5.27. The lowest BCUT2D eigenvalue weighted by molar-refractivity contribution is 0.291. The van der Waals surface area contributed by atoms with Gasteiger partial charge in [0.05, 0.1) is 6.61 Å². The SMILES string of the molecule is OCCNCCn1ccc2ccccc21. The van der Waals surface area contributed by atoms with Gasteiger partial charge >= 0.3 is 0 Å². The molecule has 2 rings (SSSR count). The van der Waals surface area contributed by atoms with Gasteiger partial charge in [0.2, 0.25) is 0 Å². The van der Waals surface area contributed by atoms with E-state index < -0.39 is 0 Å². The molecule has 0 saturated carbocycles. The van der Waals surface area contributed by atoms with Gasteiger partial charge in [0.15, 0.2) is 0 Å². The molecule has 0 saturated heterocycles. The van der Waals surface area contributed by atoms with Crippen molar-refractivity contribution in [1.29, 1.82) is 0 Å². The largest absolute Gasteiger partial charge is 0.395 e. The molecule has 0 bridgehead atoms. The summed E-state index contributed by atoms with van der Waals surface area (Å²) >= 11 is 0. The quantitative estimate of drug-likeness (QED) is 0.719. The van der Waals surface area contributed by atoms with E-state index in [1.165, 1.54) is 10.9 Å². The first-order chi connectivity index (χ1) is 7.42. The van der Waals surface area contributed by atoms with Crippen LogP contribution in [0.1, 0.15) is 0 Å². The fourth-order valence-corrected chi connectivity index (χ4v) is 1.74. The van der Waals surface area contributed by atoms with E-state index in [-0.39, 0.29) is 6.61 Å². The van der Waals surface area contributed by atoms with Crippen LogP contribution in [0.15, 0.2) is 36.5 Å². The van der Waals surface area contributed by atoms with Gasteiger partial charge in [-0.25, -0.2) is 0 Å². The molecule has 0 aliphatic carbocycles. The minimum Gasteiger partial charge on any atom is -0.395 e.